The van der Waals surface area contributed by atoms with Gasteiger partial charge in [0.05, 0.1) is 23.9 Å². The van der Waals surface area contributed by atoms with E-state index in [1.807, 2.05) is 22.9 Å². The molecule has 0 amide bonds. The Hall–Kier alpha value is -1.07. The highest BCUT2D eigenvalue weighted by Gasteiger charge is 2.06. The van der Waals surface area contributed by atoms with Gasteiger partial charge in [-0.05, 0) is 15.9 Å². The molecule has 2 aromatic rings. The molecule has 2 rings (SSSR count). The van der Waals surface area contributed by atoms with Gasteiger partial charge in [-0.2, -0.15) is 0 Å². The summed E-state index contributed by atoms with van der Waals surface area (Å²) in [6, 6.07) is 1.88. The molecule has 80 valence electrons. The highest BCUT2D eigenvalue weighted by Crippen LogP contribution is 2.25. The number of imidazole rings is 1. The summed E-state index contributed by atoms with van der Waals surface area (Å²) >= 11 is 3.42. The minimum atomic E-state index is 0.515. The second-order valence-corrected chi connectivity index (χ2v) is 3.97. The highest BCUT2D eigenvalue weighted by molar-refractivity contribution is 9.10. The number of rotatable bonds is 3. The molecule has 2 heterocycles. The van der Waals surface area contributed by atoms with Gasteiger partial charge in [0.25, 0.3) is 0 Å². The Balaban J connectivity index is 2.51. The molecule has 0 spiro atoms. The first-order valence-corrected chi connectivity index (χ1v) is 5.24. The molecule has 0 aliphatic rings. The van der Waals surface area contributed by atoms with E-state index in [0.717, 1.165) is 21.6 Å². The normalized spacial score (nSPS) is 10.9. The molecule has 0 aromatic carbocycles. The summed E-state index contributed by atoms with van der Waals surface area (Å²) in [5.41, 5.74) is 1.75. The van der Waals surface area contributed by atoms with Gasteiger partial charge in [-0.1, -0.05) is 0 Å². The number of hydrogen-bond donors (Lipinski definition) is 0. The SMILES string of the molecule is COCc1cn2cc(Br)c(OC)cc2n1. The van der Waals surface area contributed by atoms with Gasteiger partial charge >= 0.3 is 0 Å². The second kappa shape index (κ2) is 4.20. The maximum absolute atomic E-state index is 5.19. The predicted molar refractivity (Wildman–Crippen MR) is 60.2 cm³/mol. The Bertz CT molecular complexity index is 481. The minimum Gasteiger partial charge on any atom is -0.495 e. The van der Waals surface area contributed by atoms with Crippen molar-refractivity contribution in [2.75, 3.05) is 14.2 Å². The van der Waals surface area contributed by atoms with Gasteiger partial charge in [0, 0.05) is 25.6 Å². The van der Waals surface area contributed by atoms with Gasteiger partial charge in [0.2, 0.25) is 0 Å². The van der Waals surface area contributed by atoms with Crippen molar-refractivity contribution >= 4 is 21.6 Å². The molecular formula is C10H11BrN2O2. The van der Waals surface area contributed by atoms with Gasteiger partial charge < -0.3 is 13.9 Å². The van der Waals surface area contributed by atoms with E-state index in [9.17, 15) is 0 Å². The maximum atomic E-state index is 5.19. The molecule has 0 saturated heterocycles. The number of halogens is 1. The van der Waals surface area contributed by atoms with Crippen molar-refractivity contribution in [2.24, 2.45) is 0 Å². The maximum Gasteiger partial charge on any atom is 0.140 e. The Kier molecular flexibility index (Phi) is 2.93. The molecule has 0 N–H and O–H groups in total. The fourth-order valence-corrected chi connectivity index (χ4v) is 1.91. The van der Waals surface area contributed by atoms with Crippen LogP contribution < -0.4 is 4.74 Å². The number of fused-ring (bicyclic) bond motifs is 1. The van der Waals surface area contributed by atoms with Crippen molar-refractivity contribution in [2.45, 2.75) is 6.61 Å². The van der Waals surface area contributed by atoms with Crippen molar-refractivity contribution in [1.82, 2.24) is 9.38 Å². The Morgan fingerprint density at radius 1 is 1.40 bits per heavy atom. The molecule has 2 aromatic heterocycles. The lowest BCUT2D eigenvalue weighted by Crippen LogP contribution is -1.88. The van der Waals surface area contributed by atoms with Crippen molar-refractivity contribution in [3.05, 3.63) is 28.6 Å². The van der Waals surface area contributed by atoms with Crippen LogP contribution in [0.4, 0.5) is 0 Å². The van der Waals surface area contributed by atoms with E-state index in [-0.39, 0.29) is 0 Å². The van der Waals surface area contributed by atoms with Crippen LogP contribution in [-0.2, 0) is 11.3 Å². The molecule has 0 saturated carbocycles. The summed E-state index contributed by atoms with van der Waals surface area (Å²) in [5, 5.41) is 0. The smallest absolute Gasteiger partial charge is 0.140 e. The van der Waals surface area contributed by atoms with Crippen LogP contribution in [0, 0.1) is 0 Å². The van der Waals surface area contributed by atoms with Crippen LogP contribution >= 0.6 is 15.9 Å². The molecule has 15 heavy (non-hydrogen) atoms. The zero-order chi connectivity index (χ0) is 10.8. The van der Waals surface area contributed by atoms with Gasteiger partial charge in [-0.3, -0.25) is 0 Å². The number of ether oxygens (including phenoxy) is 2. The summed E-state index contributed by atoms with van der Waals surface area (Å²) in [6.07, 6.45) is 3.85. The number of methoxy groups -OCH3 is 2. The standard InChI is InChI=1S/C10H11BrN2O2/c1-14-6-7-4-13-5-8(11)9(15-2)3-10(13)12-7/h3-5H,6H2,1-2H3. The fourth-order valence-electron chi connectivity index (χ4n) is 1.42. The largest absolute Gasteiger partial charge is 0.495 e. The molecule has 0 atom stereocenters. The van der Waals surface area contributed by atoms with Crippen molar-refractivity contribution in [1.29, 1.82) is 0 Å². The van der Waals surface area contributed by atoms with E-state index >= 15 is 0 Å². The first-order valence-electron chi connectivity index (χ1n) is 4.44. The Morgan fingerprint density at radius 2 is 2.20 bits per heavy atom. The first kappa shape index (κ1) is 10.4. The Morgan fingerprint density at radius 3 is 2.87 bits per heavy atom. The molecule has 5 heteroatoms. The molecule has 4 nitrogen and oxygen atoms in total. The third-order valence-corrected chi connectivity index (χ3v) is 2.67. The van der Waals surface area contributed by atoms with E-state index < -0.39 is 0 Å². The van der Waals surface area contributed by atoms with Crippen LogP contribution in [-0.4, -0.2) is 23.6 Å². The summed E-state index contributed by atoms with van der Waals surface area (Å²) in [7, 11) is 3.29. The average Bonchev–Trinajstić information content (AvgIpc) is 2.58. The lowest BCUT2D eigenvalue weighted by atomic mass is 10.4. The zero-order valence-corrected chi connectivity index (χ0v) is 10.1. The quantitative estimate of drug-likeness (QED) is 0.859. The fraction of sp³-hybridized carbons (Fsp3) is 0.300. The topological polar surface area (TPSA) is 35.8 Å². The van der Waals surface area contributed by atoms with E-state index in [2.05, 4.69) is 20.9 Å². The predicted octanol–water partition coefficient (Wildman–Crippen LogP) is 2.25. The lowest BCUT2D eigenvalue weighted by molar-refractivity contribution is 0.182. The van der Waals surface area contributed by atoms with Gasteiger partial charge in [0.1, 0.15) is 11.4 Å². The van der Waals surface area contributed by atoms with Crippen LogP contribution in [0.2, 0.25) is 0 Å². The number of nitrogens with zero attached hydrogens (tertiary/aromatic N) is 2. The van der Waals surface area contributed by atoms with E-state index in [4.69, 9.17) is 9.47 Å². The zero-order valence-electron chi connectivity index (χ0n) is 8.53. The molecular weight excluding hydrogens is 260 g/mol. The van der Waals surface area contributed by atoms with E-state index in [1.54, 1.807) is 14.2 Å². The van der Waals surface area contributed by atoms with Crippen LogP contribution in [0.15, 0.2) is 22.9 Å². The van der Waals surface area contributed by atoms with Crippen LogP contribution in [0.25, 0.3) is 5.65 Å². The van der Waals surface area contributed by atoms with Gasteiger partial charge in [0.15, 0.2) is 0 Å². The average molecular weight is 271 g/mol. The van der Waals surface area contributed by atoms with E-state index in [1.165, 1.54) is 0 Å². The van der Waals surface area contributed by atoms with Crippen LogP contribution in [0.5, 0.6) is 5.75 Å². The molecule has 0 unspecified atom stereocenters. The molecule has 0 radical (unpaired) electrons. The summed E-state index contributed by atoms with van der Waals surface area (Å²) in [5.74, 6) is 0.775. The third kappa shape index (κ3) is 1.98. The first-order chi connectivity index (χ1) is 7.24. The number of hydrogen-bond acceptors (Lipinski definition) is 3. The molecule has 0 fully saturated rings. The summed E-state index contributed by atoms with van der Waals surface area (Å²) in [6.45, 7) is 0.515. The highest BCUT2D eigenvalue weighted by atomic mass is 79.9. The molecule has 0 bridgehead atoms. The Labute approximate surface area is 96.0 Å². The second-order valence-electron chi connectivity index (χ2n) is 3.12. The monoisotopic (exact) mass is 270 g/mol. The van der Waals surface area contributed by atoms with Crippen molar-refractivity contribution in [3.63, 3.8) is 0 Å². The molecule has 0 aliphatic carbocycles. The lowest BCUT2D eigenvalue weighted by Gasteiger charge is -2.02. The van der Waals surface area contributed by atoms with Crippen molar-refractivity contribution < 1.29 is 9.47 Å². The van der Waals surface area contributed by atoms with E-state index in [0.29, 0.717) is 6.61 Å². The number of pyridine rings is 1. The van der Waals surface area contributed by atoms with Gasteiger partial charge in [-0.15, -0.1) is 0 Å². The summed E-state index contributed by atoms with van der Waals surface area (Å²) < 4.78 is 13.0. The summed E-state index contributed by atoms with van der Waals surface area (Å²) in [4.78, 5) is 4.39. The minimum absolute atomic E-state index is 0.515. The molecule has 0 aliphatic heterocycles. The third-order valence-electron chi connectivity index (χ3n) is 2.07. The van der Waals surface area contributed by atoms with Gasteiger partial charge in [-0.25, -0.2) is 4.98 Å². The number of aromatic nitrogens is 2. The van der Waals surface area contributed by atoms with Crippen LogP contribution in [0.1, 0.15) is 5.69 Å². The van der Waals surface area contributed by atoms with Crippen molar-refractivity contribution in [3.8, 4) is 5.75 Å². The van der Waals surface area contributed by atoms with Crippen LogP contribution in [0.3, 0.4) is 0 Å².